The third-order valence-corrected chi connectivity index (χ3v) is 3.34. The molecule has 0 saturated heterocycles. The predicted octanol–water partition coefficient (Wildman–Crippen LogP) is 2.70. The first-order valence-electron chi connectivity index (χ1n) is 7.16. The van der Waals surface area contributed by atoms with E-state index in [9.17, 15) is 0 Å². The molecule has 0 amide bonds. The molecule has 2 rings (SSSR count). The number of nitrogens with zero attached hydrogens (tertiary/aromatic N) is 1. The van der Waals surface area contributed by atoms with Crippen molar-refractivity contribution in [2.24, 2.45) is 5.73 Å². The van der Waals surface area contributed by atoms with Gasteiger partial charge in [-0.25, -0.2) is 0 Å². The quantitative estimate of drug-likeness (QED) is 0.758. The molecule has 1 aromatic heterocycles. The number of pyridine rings is 1. The molecule has 0 fully saturated rings. The second-order valence-electron chi connectivity index (χ2n) is 4.86. The summed E-state index contributed by atoms with van der Waals surface area (Å²) in [5.74, 6) is 0.832. The zero-order valence-electron chi connectivity index (χ0n) is 12.4. The Bertz CT molecular complexity index is 544. The smallest absolute Gasteiger partial charge is 0.123 e. The highest BCUT2D eigenvalue weighted by Gasteiger charge is 2.03. The van der Waals surface area contributed by atoms with E-state index in [1.165, 1.54) is 5.56 Å². The first-order valence-corrected chi connectivity index (χ1v) is 7.16. The largest absolute Gasteiger partial charge is 0.496 e. The zero-order valence-corrected chi connectivity index (χ0v) is 12.4. The molecular formula is C17H22N2O2. The summed E-state index contributed by atoms with van der Waals surface area (Å²) in [5, 5.41) is 0. The molecule has 0 radical (unpaired) electrons. The van der Waals surface area contributed by atoms with Crippen LogP contribution in [0.3, 0.4) is 0 Å². The third kappa shape index (κ3) is 4.85. The van der Waals surface area contributed by atoms with Gasteiger partial charge >= 0.3 is 0 Å². The number of hydrogen-bond acceptors (Lipinski definition) is 4. The molecule has 2 aromatic rings. The van der Waals surface area contributed by atoms with Crippen molar-refractivity contribution in [2.75, 3.05) is 13.7 Å². The molecule has 0 aliphatic carbocycles. The van der Waals surface area contributed by atoms with Gasteiger partial charge in [0.1, 0.15) is 5.75 Å². The van der Waals surface area contributed by atoms with Crippen LogP contribution in [0, 0.1) is 0 Å². The summed E-state index contributed by atoms with van der Waals surface area (Å²) in [6.45, 7) is 1.82. The van der Waals surface area contributed by atoms with Crippen LogP contribution in [0.1, 0.15) is 23.1 Å². The lowest BCUT2D eigenvalue weighted by Gasteiger charge is -2.10. The van der Waals surface area contributed by atoms with Crippen molar-refractivity contribution in [3.8, 4) is 5.75 Å². The Hall–Kier alpha value is -1.91. The molecule has 1 heterocycles. The molecule has 0 aliphatic heterocycles. The fraction of sp³-hybridized carbons (Fsp3) is 0.353. The van der Waals surface area contributed by atoms with E-state index in [0.29, 0.717) is 13.2 Å². The summed E-state index contributed by atoms with van der Waals surface area (Å²) in [5.41, 5.74) is 9.14. The Morgan fingerprint density at radius 1 is 1.10 bits per heavy atom. The van der Waals surface area contributed by atoms with Crippen LogP contribution < -0.4 is 10.5 Å². The summed E-state index contributed by atoms with van der Waals surface area (Å²) in [6.07, 6.45) is 5.66. The van der Waals surface area contributed by atoms with Gasteiger partial charge in [-0.3, -0.25) is 4.98 Å². The van der Waals surface area contributed by atoms with Crippen molar-refractivity contribution < 1.29 is 9.47 Å². The number of aryl methyl sites for hydroxylation is 1. The maximum atomic E-state index is 5.72. The van der Waals surface area contributed by atoms with Crippen LogP contribution in [-0.4, -0.2) is 18.7 Å². The van der Waals surface area contributed by atoms with E-state index >= 15 is 0 Å². The van der Waals surface area contributed by atoms with Crippen molar-refractivity contribution in [1.29, 1.82) is 0 Å². The van der Waals surface area contributed by atoms with Crippen molar-refractivity contribution in [3.05, 3.63) is 59.4 Å². The third-order valence-electron chi connectivity index (χ3n) is 3.34. The summed E-state index contributed by atoms with van der Waals surface area (Å²) in [6, 6.07) is 10.1. The van der Waals surface area contributed by atoms with Crippen molar-refractivity contribution in [1.82, 2.24) is 4.98 Å². The van der Waals surface area contributed by atoms with Crippen LogP contribution in [0.25, 0.3) is 0 Å². The number of ether oxygens (including phenoxy) is 2. The van der Waals surface area contributed by atoms with Gasteiger partial charge in [0.25, 0.3) is 0 Å². The van der Waals surface area contributed by atoms with Gasteiger partial charge in [-0.15, -0.1) is 0 Å². The fourth-order valence-corrected chi connectivity index (χ4v) is 2.20. The minimum Gasteiger partial charge on any atom is -0.496 e. The number of rotatable bonds is 8. The van der Waals surface area contributed by atoms with Gasteiger partial charge in [0.15, 0.2) is 0 Å². The topological polar surface area (TPSA) is 57.4 Å². The first-order chi connectivity index (χ1) is 10.3. The second kappa shape index (κ2) is 8.39. The minimum absolute atomic E-state index is 0.471. The van der Waals surface area contributed by atoms with Crippen LogP contribution in [0.2, 0.25) is 0 Å². The average molecular weight is 286 g/mol. The number of benzene rings is 1. The lowest BCUT2D eigenvalue weighted by molar-refractivity contribution is 0.118. The first kappa shape index (κ1) is 15.5. The highest BCUT2D eigenvalue weighted by atomic mass is 16.5. The molecule has 2 N–H and O–H groups in total. The van der Waals surface area contributed by atoms with Crippen LogP contribution in [-0.2, 0) is 24.3 Å². The van der Waals surface area contributed by atoms with Gasteiger partial charge in [-0.2, -0.15) is 0 Å². The highest BCUT2D eigenvalue weighted by Crippen LogP contribution is 2.19. The normalized spacial score (nSPS) is 10.6. The summed E-state index contributed by atoms with van der Waals surface area (Å²) >= 11 is 0. The Balaban J connectivity index is 1.73. The molecule has 1 aromatic carbocycles. The zero-order chi connectivity index (χ0) is 14.9. The lowest BCUT2D eigenvalue weighted by Crippen LogP contribution is -2.02. The second-order valence-corrected chi connectivity index (χ2v) is 4.86. The van der Waals surface area contributed by atoms with Gasteiger partial charge < -0.3 is 15.2 Å². The number of methoxy groups -OCH3 is 1. The Labute approximate surface area is 125 Å². The van der Waals surface area contributed by atoms with Crippen molar-refractivity contribution in [2.45, 2.75) is 26.0 Å². The Kier molecular flexibility index (Phi) is 6.19. The molecule has 21 heavy (non-hydrogen) atoms. The molecule has 112 valence electrons. The molecule has 0 bridgehead atoms. The molecule has 4 nitrogen and oxygen atoms in total. The van der Waals surface area contributed by atoms with E-state index in [-0.39, 0.29) is 0 Å². The minimum atomic E-state index is 0.471. The van der Waals surface area contributed by atoms with E-state index < -0.39 is 0 Å². The molecule has 0 spiro atoms. The maximum Gasteiger partial charge on any atom is 0.123 e. The van der Waals surface area contributed by atoms with Gasteiger partial charge in [-0.1, -0.05) is 6.07 Å². The molecule has 4 heteroatoms. The monoisotopic (exact) mass is 286 g/mol. The summed E-state index contributed by atoms with van der Waals surface area (Å²) in [7, 11) is 1.66. The summed E-state index contributed by atoms with van der Waals surface area (Å²) < 4.78 is 11.0. The summed E-state index contributed by atoms with van der Waals surface area (Å²) in [4.78, 5) is 4.01. The van der Waals surface area contributed by atoms with E-state index in [2.05, 4.69) is 4.98 Å². The molecule has 0 saturated carbocycles. The predicted molar refractivity (Wildman–Crippen MR) is 83.1 cm³/mol. The van der Waals surface area contributed by atoms with Gasteiger partial charge in [0, 0.05) is 31.1 Å². The van der Waals surface area contributed by atoms with Gasteiger partial charge in [0.05, 0.1) is 13.7 Å². The lowest BCUT2D eigenvalue weighted by atomic mass is 10.1. The Morgan fingerprint density at radius 3 is 2.62 bits per heavy atom. The van der Waals surface area contributed by atoms with E-state index in [0.717, 1.165) is 36.3 Å². The Morgan fingerprint density at radius 2 is 1.90 bits per heavy atom. The highest BCUT2D eigenvalue weighted by molar-refractivity contribution is 5.36. The van der Waals surface area contributed by atoms with Crippen LogP contribution in [0.4, 0.5) is 0 Å². The van der Waals surface area contributed by atoms with Crippen LogP contribution in [0.5, 0.6) is 5.75 Å². The van der Waals surface area contributed by atoms with E-state index in [4.69, 9.17) is 15.2 Å². The van der Waals surface area contributed by atoms with E-state index in [1.54, 1.807) is 7.11 Å². The van der Waals surface area contributed by atoms with Crippen molar-refractivity contribution in [3.63, 3.8) is 0 Å². The number of hydrogen-bond donors (Lipinski definition) is 1. The number of aromatic nitrogens is 1. The van der Waals surface area contributed by atoms with Gasteiger partial charge in [0.2, 0.25) is 0 Å². The standard InChI is InChI=1S/C17H22N2O2/c1-20-17-5-4-15(11-16(17)12-18)13-21-10-2-3-14-6-8-19-9-7-14/h4-9,11H,2-3,10,12-13,18H2,1H3. The van der Waals surface area contributed by atoms with Gasteiger partial charge in [-0.05, 0) is 48.2 Å². The SMILES string of the molecule is COc1ccc(COCCCc2ccncc2)cc1CN. The number of nitrogens with two attached hydrogens (primary N) is 1. The molecule has 0 unspecified atom stereocenters. The van der Waals surface area contributed by atoms with E-state index in [1.807, 2.05) is 42.7 Å². The average Bonchev–Trinajstić information content (AvgIpc) is 2.55. The van der Waals surface area contributed by atoms with Crippen molar-refractivity contribution >= 4 is 0 Å². The molecular weight excluding hydrogens is 264 g/mol. The fourth-order valence-electron chi connectivity index (χ4n) is 2.20. The van der Waals surface area contributed by atoms with Crippen LogP contribution >= 0.6 is 0 Å². The maximum absolute atomic E-state index is 5.72. The molecule has 0 atom stereocenters. The molecule has 0 aliphatic rings. The van der Waals surface area contributed by atoms with Crippen LogP contribution in [0.15, 0.2) is 42.7 Å².